The van der Waals surface area contributed by atoms with Crippen LogP contribution in [0.15, 0.2) is 17.6 Å². The molecule has 0 aliphatic rings. The van der Waals surface area contributed by atoms with Gasteiger partial charge in [0.05, 0.1) is 30.2 Å². The largest absolute Gasteiger partial charge is 0.481 e. The first kappa shape index (κ1) is 14.3. The van der Waals surface area contributed by atoms with Crippen LogP contribution >= 0.6 is 22.9 Å². The third-order valence-corrected chi connectivity index (χ3v) is 4.42. The van der Waals surface area contributed by atoms with Crippen molar-refractivity contribution >= 4 is 34.1 Å². The normalized spacial score (nSPS) is 12.8. The molecule has 1 atom stereocenters. The first-order valence-corrected chi connectivity index (χ1v) is 7.86. The van der Waals surface area contributed by atoms with Crippen LogP contribution in [0.3, 0.4) is 0 Å². The van der Waals surface area contributed by atoms with E-state index in [1.807, 2.05) is 30.0 Å². The second-order valence-electron chi connectivity index (χ2n) is 4.73. The van der Waals surface area contributed by atoms with E-state index < -0.39 is 0 Å². The minimum atomic E-state index is -0.196. The highest BCUT2D eigenvalue weighted by atomic mass is 35.5. The van der Waals surface area contributed by atoms with Crippen LogP contribution in [0.4, 0.5) is 0 Å². The van der Waals surface area contributed by atoms with Gasteiger partial charge in [-0.1, -0.05) is 0 Å². The number of aryl methyl sites for hydroxylation is 1. The van der Waals surface area contributed by atoms with Crippen molar-refractivity contribution in [3.05, 3.63) is 34.0 Å². The van der Waals surface area contributed by atoms with Gasteiger partial charge in [-0.2, -0.15) is 4.98 Å². The fourth-order valence-corrected chi connectivity index (χ4v) is 3.13. The Kier molecular flexibility index (Phi) is 3.82. The lowest BCUT2D eigenvalue weighted by Gasteiger charge is -2.09. The van der Waals surface area contributed by atoms with Gasteiger partial charge in [0.1, 0.15) is 11.3 Å². The average molecular weight is 323 g/mol. The number of fused-ring (bicyclic) bond motifs is 1. The van der Waals surface area contributed by atoms with Gasteiger partial charge in [0.2, 0.25) is 5.88 Å². The van der Waals surface area contributed by atoms with Gasteiger partial charge in [0, 0.05) is 10.9 Å². The number of imidazole rings is 1. The molecule has 3 rings (SSSR count). The Morgan fingerprint density at radius 2 is 2.19 bits per heavy atom. The Morgan fingerprint density at radius 3 is 2.81 bits per heavy atom. The van der Waals surface area contributed by atoms with Crippen LogP contribution < -0.4 is 4.74 Å². The van der Waals surface area contributed by atoms with Crippen molar-refractivity contribution in [3.63, 3.8) is 0 Å². The number of thiazole rings is 1. The Hall–Kier alpha value is -1.66. The maximum Gasteiger partial charge on any atom is 0.215 e. The molecule has 0 amide bonds. The minimum Gasteiger partial charge on any atom is -0.481 e. The zero-order valence-electron chi connectivity index (χ0n) is 12.0. The molecule has 3 heterocycles. The smallest absolute Gasteiger partial charge is 0.215 e. The number of ether oxygens (including phenoxy) is 1. The molecule has 0 aliphatic heterocycles. The Labute approximate surface area is 131 Å². The highest BCUT2D eigenvalue weighted by molar-refractivity contribution is 7.09. The van der Waals surface area contributed by atoms with Gasteiger partial charge in [0.15, 0.2) is 5.65 Å². The standard InChI is InChI=1S/C14H15ClN4OS/c1-8(15)13-17-10-4-5-12(20-3)18-14(10)19(13)6-11-9(2)16-7-21-11/h4-5,7-8H,6H2,1-3H3. The topological polar surface area (TPSA) is 52.8 Å². The first-order chi connectivity index (χ1) is 10.1. The number of aromatic nitrogens is 4. The van der Waals surface area contributed by atoms with Gasteiger partial charge in [-0.3, -0.25) is 0 Å². The quantitative estimate of drug-likeness (QED) is 0.689. The summed E-state index contributed by atoms with van der Waals surface area (Å²) in [6.45, 7) is 4.58. The maximum absolute atomic E-state index is 6.28. The van der Waals surface area contributed by atoms with E-state index in [-0.39, 0.29) is 5.38 Å². The molecule has 21 heavy (non-hydrogen) atoms. The van der Waals surface area contributed by atoms with E-state index in [1.54, 1.807) is 24.5 Å². The Bertz CT molecular complexity index is 780. The number of hydrogen-bond donors (Lipinski definition) is 0. The molecule has 0 aromatic carbocycles. The van der Waals surface area contributed by atoms with Crippen LogP contribution in [0.1, 0.15) is 28.7 Å². The summed E-state index contributed by atoms with van der Waals surface area (Å²) in [5.41, 5.74) is 4.48. The van der Waals surface area contributed by atoms with Crippen molar-refractivity contribution in [1.29, 1.82) is 0 Å². The molecule has 0 radical (unpaired) electrons. The predicted molar refractivity (Wildman–Crippen MR) is 84.3 cm³/mol. The summed E-state index contributed by atoms with van der Waals surface area (Å²) >= 11 is 7.90. The zero-order chi connectivity index (χ0) is 15.0. The van der Waals surface area contributed by atoms with Crippen LogP contribution in [0.2, 0.25) is 0 Å². The molecule has 1 unspecified atom stereocenters. The van der Waals surface area contributed by atoms with E-state index in [9.17, 15) is 0 Å². The molecular weight excluding hydrogens is 308 g/mol. The van der Waals surface area contributed by atoms with Crippen molar-refractivity contribution in [3.8, 4) is 5.88 Å². The van der Waals surface area contributed by atoms with E-state index >= 15 is 0 Å². The van der Waals surface area contributed by atoms with Crippen molar-refractivity contribution in [1.82, 2.24) is 19.5 Å². The van der Waals surface area contributed by atoms with Crippen molar-refractivity contribution in [2.45, 2.75) is 25.8 Å². The van der Waals surface area contributed by atoms with Gasteiger partial charge >= 0.3 is 0 Å². The monoisotopic (exact) mass is 322 g/mol. The molecule has 0 spiro atoms. The molecule has 3 aromatic heterocycles. The number of hydrogen-bond acceptors (Lipinski definition) is 5. The molecule has 3 aromatic rings. The van der Waals surface area contributed by atoms with Crippen LogP contribution in [0.5, 0.6) is 5.88 Å². The van der Waals surface area contributed by atoms with Crippen LogP contribution in [0, 0.1) is 6.92 Å². The third-order valence-electron chi connectivity index (χ3n) is 3.31. The minimum absolute atomic E-state index is 0.196. The Morgan fingerprint density at radius 1 is 1.38 bits per heavy atom. The molecule has 0 fully saturated rings. The summed E-state index contributed by atoms with van der Waals surface area (Å²) in [7, 11) is 1.60. The second kappa shape index (κ2) is 5.61. The molecule has 0 N–H and O–H groups in total. The number of halogens is 1. The molecule has 0 bridgehead atoms. The summed E-state index contributed by atoms with van der Waals surface area (Å²) in [5.74, 6) is 1.37. The van der Waals surface area contributed by atoms with Crippen molar-refractivity contribution in [2.75, 3.05) is 7.11 Å². The first-order valence-electron chi connectivity index (χ1n) is 6.54. The van der Waals surface area contributed by atoms with Crippen molar-refractivity contribution < 1.29 is 4.74 Å². The van der Waals surface area contributed by atoms with E-state index in [2.05, 4.69) is 15.0 Å². The summed E-state index contributed by atoms with van der Waals surface area (Å²) in [5, 5.41) is -0.196. The predicted octanol–water partition coefficient (Wildman–Crippen LogP) is 3.55. The molecule has 7 heteroatoms. The van der Waals surface area contributed by atoms with Crippen molar-refractivity contribution in [2.24, 2.45) is 0 Å². The number of nitrogens with zero attached hydrogens (tertiary/aromatic N) is 4. The summed E-state index contributed by atoms with van der Waals surface area (Å²) in [6.07, 6.45) is 0. The molecule has 110 valence electrons. The summed E-state index contributed by atoms with van der Waals surface area (Å²) in [4.78, 5) is 14.6. The highest BCUT2D eigenvalue weighted by Crippen LogP contribution is 2.27. The van der Waals surface area contributed by atoms with Crippen LogP contribution in [-0.2, 0) is 6.54 Å². The molecule has 5 nitrogen and oxygen atoms in total. The Balaban J connectivity index is 2.17. The van der Waals surface area contributed by atoms with Gasteiger partial charge < -0.3 is 9.30 Å². The highest BCUT2D eigenvalue weighted by Gasteiger charge is 2.18. The fraction of sp³-hybridized carbons (Fsp3) is 0.357. The van der Waals surface area contributed by atoms with E-state index in [0.717, 1.165) is 22.7 Å². The number of methoxy groups -OCH3 is 1. The molecule has 0 saturated carbocycles. The van der Waals surface area contributed by atoms with E-state index in [1.165, 1.54) is 4.88 Å². The number of pyridine rings is 1. The zero-order valence-corrected chi connectivity index (χ0v) is 13.6. The fourth-order valence-electron chi connectivity index (χ4n) is 2.20. The van der Waals surface area contributed by atoms with Gasteiger partial charge in [-0.25, -0.2) is 9.97 Å². The van der Waals surface area contributed by atoms with Crippen LogP contribution in [0.25, 0.3) is 11.2 Å². The molecule has 0 aliphatic carbocycles. The third kappa shape index (κ3) is 2.61. The average Bonchev–Trinajstić information content (AvgIpc) is 3.03. The SMILES string of the molecule is COc1ccc2nc(C(C)Cl)n(Cc3scnc3C)c2n1. The lowest BCUT2D eigenvalue weighted by atomic mass is 10.3. The lowest BCUT2D eigenvalue weighted by molar-refractivity contribution is 0.399. The molecular formula is C14H15ClN4OS. The van der Waals surface area contributed by atoms with E-state index in [0.29, 0.717) is 12.4 Å². The number of alkyl halides is 1. The molecule has 0 saturated heterocycles. The number of rotatable bonds is 4. The van der Waals surface area contributed by atoms with Gasteiger partial charge in [0.25, 0.3) is 0 Å². The second-order valence-corrected chi connectivity index (χ2v) is 6.32. The van der Waals surface area contributed by atoms with Gasteiger partial charge in [-0.05, 0) is 19.9 Å². The van der Waals surface area contributed by atoms with E-state index in [4.69, 9.17) is 16.3 Å². The van der Waals surface area contributed by atoms with Gasteiger partial charge in [-0.15, -0.1) is 22.9 Å². The summed E-state index contributed by atoms with van der Waals surface area (Å²) in [6, 6.07) is 3.71. The van der Waals surface area contributed by atoms with Crippen LogP contribution in [-0.4, -0.2) is 26.6 Å². The maximum atomic E-state index is 6.28. The lowest BCUT2D eigenvalue weighted by Crippen LogP contribution is -2.06. The summed E-state index contributed by atoms with van der Waals surface area (Å²) < 4.78 is 7.25.